The fourth-order valence-electron chi connectivity index (χ4n) is 3.01. The molecule has 0 aliphatic carbocycles. The summed E-state index contributed by atoms with van der Waals surface area (Å²) in [6.07, 6.45) is 0.841. The monoisotopic (exact) mass is 418 g/mol. The van der Waals surface area contributed by atoms with Crippen LogP contribution in [0, 0.1) is 5.92 Å². The highest BCUT2D eigenvalue weighted by Crippen LogP contribution is 2.32. The van der Waals surface area contributed by atoms with Crippen LogP contribution < -0.4 is 19.5 Å². The number of nitrogens with one attached hydrogen (secondary N) is 2. The molecule has 0 saturated heterocycles. The quantitative estimate of drug-likeness (QED) is 0.721. The van der Waals surface area contributed by atoms with E-state index in [1.807, 2.05) is 25.1 Å². The summed E-state index contributed by atoms with van der Waals surface area (Å²) >= 11 is 0. The highest BCUT2D eigenvalue weighted by atomic mass is 32.2. The van der Waals surface area contributed by atoms with E-state index in [1.54, 1.807) is 26.0 Å². The van der Waals surface area contributed by atoms with Gasteiger partial charge >= 0.3 is 0 Å². The van der Waals surface area contributed by atoms with Crippen LogP contribution >= 0.6 is 0 Å². The molecule has 0 bridgehead atoms. The van der Waals surface area contributed by atoms with E-state index in [1.165, 1.54) is 12.1 Å². The van der Waals surface area contributed by atoms with E-state index >= 15 is 0 Å². The van der Waals surface area contributed by atoms with Crippen LogP contribution in [0.1, 0.15) is 26.3 Å². The van der Waals surface area contributed by atoms with Crippen molar-refractivity contribution in [2.24, 2.45) is 5.92 Å². The van der Waals surface area contributed by atoms with Crippen molar-refractivity contribution in [2.45, 2.75) is 38.1 Å². The Balaban J connectivity index is 1.79. The lowest BCUT2D eigenvalue weighted by Gasteiger charge is -2.23. The maximum Gasteiger partial charge on any atom is 0.242 e. The molecule has 29 heavy (non-hydrogen) atoms. The summed E-state index contributed by atoms with van der Waals surface area (Å²) in [4.78, 5) is 12.8. The highest BCUT2D eigenvalue weighted by Gasteiger charge is 2.29. The fraction of sp³-hybridized carbons (Fsp3) is 0.381. The summed E-state index contributed by atoms with van der Waals surface area (Å²) < 4.78 is 39.2. The average Bonchev–Trinajstić information content (AvgIpc) is 2.71. The Hall–Kier alpha value is -2.58. The van der Waals surface area contributed by atoms with Gasteiger partial charge in [-0.25, -0.2) is 8.42 Å². The third-order valence-corrected chi connectivity index (χ3v) is 6.10. The highest BCUT2D eigenvalue weighted by molar-refractivity contribution is 7.89. The fourth-order valence-corrected chi connectivity index (χ4v) is 4.37. The molecule has 0 saturated carbocycles. The van der Waals surface area contributed by atoms with Crippen molar-refractivity contribution in [1.82, 2.24) is 4.72 Å². The summed E-state index contributed by atoms with van der Waals surface area (Å²) in [5.41, 5.74) is 1.72. The first kappa shape index (κ1) is 21.1. The van der Waals surface area contributed by atoms with Crippen molar-refractivity contribution in [3.05, 3.63) is 48.0 Å². The van der Waals surface area contributed by atoms with E-state index in [0.29, 0.717) is 30.4 Å². The van der Waals surface area contributed by atoms with Gasteiger partial charge in [0.2, 0.25) is 15.9 Å². The van der Waals surface area contributed by atoms with Crippen LogP contribution in [0.15, 0.2) is 47.4 Å². The number of carbonyl (C=O) groups excluding carboxylic acids is 1. The Morgan fingerprint density at radius 3 is 2.48 bits per heavy atom. The van der Waals surface area contributed by atoms with Crippen LogP contribution in [0.2, 0.25) is 0 Å². The molecule has 1 aliphatic rings. The van der Waals surface area contributed by atoms with Crippen molar-refractivity contribution < 1.29 is 22.7 Å². The second-order valence-electron chi connectivity index (χ2n) is 7.19. The van der Waals surface area contributed by atoms with Gasteiger partial charge in [-0.3, -0.25) is 4.79 Å². The molecule has 0 spiro atoms. The van der Waals surface area contributed by atoms with Crippen LogP contribution in [0.25, 0.3) is 0 Å². The third-order valence-electron chi connectivity index (χ3n) is 4.66. The summed E-state index contributed by atoms with van der Waals surface area (Å²) in [6.45, 7) is 6.39. The second-order valence-corrected chi connectivity index (χ2v) is 8.91. The van der Waals surface area contributed by atoms with Crippen LogP contribution in [-0.4, -0.2) is 33.6 Å². The maximum absolute atomic E-state index is 12.9. The summed E-state index contributed by atoms with van der Waals surface area (Å²) in [5.74, 6) is 0.218. The molecule has 1 amide bonds. The van der Waals surface area contributed by atoms with E-state index in [4.69, 9.17) is 9.47 Å². The molecular weight excluding hydrogens is 392 g/mol. The standard InChI is InChI=1S/C21H26N2O5S/c1-4-15-6-5-7-16(12-15)22-21(24)20(14(2)3)23-29(25,26)17-8-9-18-19(13-17)28-11-10-27-18/h5-9,12-14,20,23H,4,10-11H2,1-3H3,(H,22,24)/t20-/m0/s1. The molecule has 1 heterocycles. The predicted molar refractivity (Wildman–Crippen MR) is 111 cm³/mol. The smallest absolute Gasteiger partial charge is 0.242 e. The normalized spacial score (nSPS) is 14.5. The molecule has 1 aliphatic heterocycles. The Kier molecular flexibility index (Phi) is 6.44. The van der Waals surface area contributed by atoms with Gasteiger partial charge in [0.15, 0.2) is 11.5 Å². The van der Waals surface area contributed by atoms with Gasteiger partial charge in [-0.1, -0.05) is 32.9 Å². The van der Waals surface area contributed by atoms with Crippen molar-refractivity contribution in [2.75, 3.05) is 18.5 Å². The maximum atomic E-state index is 12.9. The lowest BCUT2D eigenvalue weighted by Crippen LogP contribution is -2.47. The van der Waals surface area contributed by atoms with Crippen molar-refractivity contribution in [3.8, 4) is 11.5 Å². The van der Waals surface area contributed by atoms with Crippen LogP contribution in [0.4, 0.5) is 5.69 Å². The number of amides is 1. The molecular formula is C21H26N2O5S. The molecule has 0 fully saturated rings. The van der Waals surface area contributed by atoms with Gasteiger partial charge in [0.25, 0.3) is 0 Å². The Morgan fingerprint density at radius 2 is 1.79 bits per heavy atom. The molecule has 0 radical (unpaired) electrons. The number of rotatable bonds is 7. The van der Waals surface area contributed by atoms with Crippen LogP contribution in [0.3, 0.4) is 0 Å². The average molecular weight is 419 g/mol. The SMILES string of the molecule is CCc1cccc(NC(=O)[C@@H](NS(=O)(=O)c2ccc3c(c2)OCCO3)C(C)C)c1. The van der Waals surface area contributed by atoms with Gasteiger partial charge < -0.3 is 14.8 Å². The lowest BCUT2D eigenvalue weighted by atomic mass is 10.0. The minimum Gasteiger partial charge on any atom is -0.486 e. The molecule has 156 valence electrons. The summed E-state index contributed by atoms with van der Waals surface area (Å²) in [7, 11) is -3.93. The van der Waals surface area contributed by atoms with E-state index in [0.717, 1.165) is 12.0 Å². The Morgan fingerprint density at radius 1 is 1.07 bits per heavy atom. The number of anilines is 1. The predicted octanol–water partition coefficient (Wildman–Crippen LogP) is 2.96. The number of hydrogen-bond acceptors (Lipinski definition) is 5. The Bertz CT molecular complexity index is 988. The Labute approximate surface area is 171 Å². The molecule has 0 aromatic heterocycles. The number of ether oxygens (including phenoxy) is 2. The number of hydrogen-bond donors (Lipinski definition) is 2. The number of benzene rings is 2. The number of fused-ring (bicyclic) bond motifs is 1. The molecule has 3 rings (SSSR count). The lowest BCUT2D eigenvalue weighted by molar-refractivity contribution is -0.118. The zero-order valence-electron chi connectivity index (χ0n) is 16.8. The van der Waals surface area contributed by atoms with Crippen LogP contribution in [-0.2, 0) is 21.2 Å². The van der Waals surface area contributed by atoms with E-state index < -0.39 is 22.0 Å². The molecule has 8 heteroatoms. The van der Waals surface area contributed by atoms with Gasteiger partial charge in [0.05, 0.1) is 4.90 Å². The van der Waals surface area contributed by atoms with Gasteiger partial charge in [-0.15, -0.1) is 0 Å². The third kappa shape index (κ3) is 5.07. The van der Waals surface area contributed by atoms with E-state index in [2.05, 4.69) is 10.0 Å². The van der Waals surface area contributed by atoms with E-state index in [9.17, 15) is 13.2 Å². The first-order valence-electron chi connectivity index (χ1n) is 9.62. The molecule has 2 aromatic rings. The van der Waals surface area contributed by atoms with Gasteiger partial charge in [-0.2, -0.15) is 4.72 Å². The molecule has 1 atom stereocenters. The zero-order chi connectivity index (χ0) is 21.0. The minimum absolute atomic E-state index is 0.0215. The van der Waals surface area contributed by atoms with E-state index in [-0.39, 0.29) is 10.8 Å². The van der Waals surface area contributed by atoms with Crippen molar-refractivity contribution in [3.63, 3.8) is 0 Å². The first-order chi connectivity index (χ1) is 13.8. The molecule has 2 N–H and O–H groups in total. The zero-order valence-corrected chi connectivity index (χ0v) is 17.6. The largest absolute Gasteiger partial charge is 0.486 e. The van der Waals surface area contributed by atoms with Gasteiger partial charge in [0, 0.05) is 11.8 Å². The van der Waals surface area contributed by atoms with Crippen molar-refractivity contribution >= 4 is 21.6 Å². The second kappa shape index (κ2) is 8.84. The molecule has 0 unspecified atom stereocenters. The topological polar surface area (TPSA) is 93.7 Å². The van der Waals surface area contributed by atoms with Gasteiger partial charge in [-0.05, 0) is 42.2 Å². The number of sulfonamides is 1. The van der Waals surface area contributed by atoms with Crippen LogP contribution in [0.5, 0.6) is 11.5 Å². The van der Waals surface area contributed by atoms with Crippen molar-refractivity contribution in [1.29, 1.82) is 0 Å². The summed E-state index contributed by atoms with van der Waals surface area (Å²) in [6, 6.07) is 11.0. The number of aryl methyl sites for hydroxylation is 1. The number of carbonyl (C=O) groups is 1. The molecule has 2 aromatic carbocycles. The minimum atomic E-state index is -3.93. The van der Waals surface area contributed by atoms with Gasteiger partial charge in [0.1, 0.15) is 19.3 Å². The first-order valence-corrected chi connectivity index (χ1v) is 11.1. The molecule has 7 nitrogen and oxygen atoms in total. The summed E-state index contributed by atoms with van der Waals surface area (Å²) in [5, 5.41) is 2.81.